The fourth-order valence-corrected chi connectivity index (χ4v) is 1.63. The van der Waals surface area contributed by atoms with E-state index in [1.165, 1.54) is 7.11 Å². The van der Waals surface area contributed by atoms with E-state index in [0.29, 0.717) is 12.8 Å². The molecule has 1 aliphatic carbocycles. The van der Waals surface area contributed by atoms with Gasteiger partial charge in [-0.3, -0.25) is 9.59 Å². The van der Waals surface area contributed by atoms with Crippen LogP contribution in [0.4, 0.5) is 0 Å². The summed E-state index contributed by atoms with van der Waals surface area (Å²) in [5.74, 6) is -0.708. The highest BCUT2D eigenvalue weighted by atomic mass is 35.5. The van der Waals surface area contributed by atoms with Gasteiger partial charge in [-0.05, 0) is 12.8 Å². The SMILES string of the molecule is COC(=O)CNC(=O)C1(N)CCCC1.Cl. The number of carbonyl (C=O) groups is 2. The van der Waals surface area contributed by atoms with Gasteiger partial charge in [-0.15, -0.1) is 12.4 Å². The highest BCUT2D eigenvalue weighted by Crippen LogP contribution is 2.26. The van der Waals surface area contributed by atoms with Crippen molar-refractivity contribution in [3.8, 4) is 0 Å². The summed E-state index contributed by atoms with van der Waals surface area (Å²) < 4.78 is 4.40. The molecule has 0 aromatic rings. The lowest BCUT2D eigenvalue weighted by Crippen LogP contribution is -2.52. The second-order valence-electron chi connectivity index (χ2n) is 3.62. The van der Waals surface area contributed by atoms with Crippen molar-refractivity contribution in [3.05, 3.63) is 0 Å². The maximum Gasteiger partial charge on any atom is 0.325 e. The smallest absolute Gasteiger partial charge is 0.325 e. The van der Waals surface area contributed by atoms with E-state index in [1.807, 2.05) is 0 Å². The van der Waals surface area contributed by atoms with Gasteiger partial charge in [0.1, 0.15) is 6.54 Å². The van der Waals surface area contributed by atoms with Crippen LogP contribution in [0.1, 0.15) is 25.7 Å². The zero-order chi connectivity index (χ0) is 10.6. The summed E-state index contributed by atoms with van der Waals surface area (Å²) in [4.78, 5) is 22.3. The molecule has 0 aliphatic heterocycles. The van der Waals surface area contributed by atoms with Gasteiger partial charge in [-0.2, -0.15) is 0 Å². The lowest BCUT2D eigenvalue weighted by molar-refractivity contribution is -0.141. The van der Waals surface area contributed by atoms with Crippen LogP contribution in [0.3, 0.4) is 0 Å². The number of methoxy groups -OCH3 is 1. The van der Waals surface area contributed by atoms with E-state index in [1.54, 1.807) is 0 Å². The van der Waals surface area contributed by atoms with Gasteiger partial charge in [0, 0.05) is 0 Å². The van der Waals surface area contributed by atoms with Crippen molar-refractivity contribution in [2.45, 2.75) is 31.2 Å². The topological polar surface area (TPSA) is 81.4 Å². The summed E-state index contributed by atoms with van der Waals surface area (Å²) >= 11 is 0. The van der Waals surface area contributed by atoms with Crippen molar-refractivity contribution < 1.29 is 14.3 Å². The van der Waals surface area contributed by atoms with Gasteiger partial charge in [0.15, 0.2) is 0 Å². The van der Waals surface area contributed by atoms with E-state index in [0.717, 1.165) is 12.8 Å². The number of nitrogens with one attached hydrogen (secondary N) is 1. The van der Waals surface area contributed by atoms with E-state index < -0.39 is 11.5 Å². The molecule has 0 radical (unpaired) electrons. The van der Waals surface area contributed by atoms with Gasteiger partial charge in [0.05, 0.1) is 12.6 Å². The van der Waals surface area contributed by atoms with Gasteiger partial charge in [-0.25, -0.2) is 0 Å². The van der Waals surface area contributed by atoms with Crippen LogP contribution < -0.4 is 11.1 Å². The first-order valence-electron chi connectivity index (χ1n) is 4.72. The van der Waals surface area contributed by atoms with Crippen molar-refractivity contribution in [1.29, 1.82) is 0 Å². The summed E-state index contributed by atoms with van der Waals surface area (Å²) in [7, 11) is 1.28. The lowest BCUT2D eigenvalue weighted by atomic mass is 9.98. The molecule has 88 valence electrons. The predicted octanol–water partition coefficient (Wildman–Crippen LogP) is -0.0311. The molecule has 0 heterocycles. The summed E-state index contributed by atoms with van der Waals surface area (Å²) in [5.41, 5.74) is 5.10. The average Bonchev–Trinajstić information content (AvgIpc) is 2.62. The third-order valence-electron chi connectivity index (χ3n) is 2.57. The van der Waals surface area contributed by atoms with E-state index >= 15 is 0 Å². The number of ether oxygens (including phenoxy) is 1. The molecule has 0 bridgehead atoms. The van der Waals surface area contributed by atoms with Gasteiger partial charge < -0.3 is 15.8 Å². The Hall–Kier alpha value is -0.810. The Bertz CT molecular complexity index is 240. The predicted molar refractivity (Wildman–Crippen MR) is 57.7 cm³/mol. The zero-order valence-corrected chi connectivity index (χ0v) is 9.56. The molecule has 5 nitrogen and oxygen atoms in total. The molecule has 15 heavy (non-hydrogen) atoms. The molecule has 1 fully saturated rings. The molecule has 0 spiro atoms. The number of nitrogens with two attached hydrogens (primary N) is 1. The van der Waals surface area contributed by atoms with Crippen LogP contribution in [0.25, 0.3) is 0 Å². The molecule has 6 heteroatoms. The van der Waals surface area contributed by atoms with Crippen molar-refractivity contribution >= 4 is 24.3 Å². The molecule has 0 aromatic carbocycles. The number of carbonyl (C=O) groups excluding carboxylic acids is 2. The number of amides is 1. The Labute approximate surface area is 95.1 Å². The third-order valence-corrected chi connectivity index (χ3v) is 2.57. The first-order valence-corrected chi connectivity index (χ1v) is 4.72. The van der Waals surface area contributed by atoms with E-state index in [4.69, 9.17) is 5.73 Å². The number of rotatable bonds is 3. The normalized spacial score (nSPS) is 17.7. The van der Waals surface area contributed by atoms with Crippen LogP contribution >= 0.6 is 12.4 Å². The van der Waals surface area contributed by atoms with Gasteiger partial charge in [0.25, 0.3) is 0 Å². The minimum absolute atomic E-state index is 0. The zero-order valence-electron chi connectivity index (χ0n) is 8.75. The molecule has 1 amide bonds. The van der Waals surface area contributed by atoms with Crippen molar-refractivity contribution in [3.63, 3.8) is 0 Å². The maximum atomic E-state index is 11.5. The Kier molecular flexibility index (Phi) is 5.60. The van der Waals surface area contributed by atoms with Crippen LogP contribution in [0.5, 0.6) is 0 Å². The largest absolute Gasteiger partial charge is 0.468 e. The minimum Gasteiger partial charge on any atom is -0.468 e. The standard InChI is InChI=1S/C9H16N2O3.ClH/c1-14-7(12)6-11-8(13)9(10)4-2-3-5-9;/h2-6,10H2,1H3,(H,11,13);1H. The number of hydrogen-bond donors (Lipinski definition) is 2. The van der Waals surface area contributed by atoms with Crippen LogP contribution in [0.15, 0.2) is 0 Å². The van der Waals surface area contributed by atoms with Crippen LogP contribution in [-0.2, 0) is 14.3 Å². The van der Waals surface area contributed by atoms with E-state index in [9.17, 15) is 9.59 Å². The van der Waals surface area contributed by atoms with Gasteiger partial charge in [-0.1, -0.05) is 12.8 Å². The fourth-order valence-electron chi connectivity index (χ4n) is 1.63. The first-order chi connectivity index (χ1) is 6.58. The quantitative estimate of drug-likeness (QED) is 0.675. The molecular formula is C9H17ClN2O3. The maximum absolute atomic E-state index is 11.5. The summed E-state index contributed by atoms with van der Waals surface area (Å²) in [6.07, 6.45) is 3.34. The molecular weight excluding hydrogens is 220 g/mol. The molecule has 1 rings (SSSR count). The number of hydrogen-bond acceptors (Lipinski definition) is 4. The third kappa shape index (κ3) is 3.68. The minimum atomic E-state index is -0.770. The molecule has 1 aliphatic rings. The molecule has 0 aromatic heterocycles. The Morgan fingerprint density at radius 2 is 1.93 bits per heavy atom. The Balaban J connectivity index is 0.00000196. The van der Waals surface area contributed by atoms with Gasteiger partial charge in [0.2, 0.25) is 5.91 Å². The average molecular weight is 237 g/mol. The number of esters is 1. The lowest BCUT2D eigenvalue weighted by Gasteiger charge is -2.21. The second kappa shape index (κ2) is 5.92. The second-order valence-corrected chi connectivity index (χ2v) is 3.62. The molecule has 0 atom stereocenters. The van der Waals surface area contributed by atoms with Crippen LogP contribution in [-0.4, -0.2) is 31.1 Å². The van der Waals surface area contributed by atoms with Crippen molar-refractivity contribution in [2.75, 3.05) is 13.7 Å². The summed E-state index contributed by atoms with van der Waals surface area (Å²) in [5, 5.41) is 2.48. The summed E-state index contributed by atoms with van der Waals surface area (Å²) in [6, 6.07) is 0. The Morgan fingerprint density at radius 1 is 1.40 bits per heavy atom. The van der Waals surface area contributed by atoms with Crippen LogP contribution in [0, 0.1) is 0 Å². The van der Waals surface area contributed by atoms with Crippen molar-refractivity contribution in [1.82, 2.24) is 5.32 Å². The first kappa shape index (κ1) is 14.2. The highest BCUT2D eigenvalue weighted by Gasteiger charge is 2.36. The fraction of sp³-hybridized carbons (Fsp3) is 0.778. The van der Waals surface area contributed by atoms with E-state index in [2.05, 4.69) is 10.1 Å². The van der Waals surface area contributed by atoms with Gasteiger partial charge >= 0.3 is 5.97 Å². The molecule has 3 N–H and O–H groups in total. The molecule has 1 saturated carbocycles. The van der Waals surface area contributed by atoms with E-state index in [-0.39, 0.29) is 24.9 Å². The van der Waals surface area contributed by atoms with Crippen LogP contribution in [0.2, 0.25) is 0 Å². The summed E-state index contributed by atoms with van der Waals surface area (Å²) in [6.45, 7) is -0.103. The van der Waals surface area contributed by atoms with Crippen molar-refractivity contribution in [2.24, 2.45) is 5.73 Å². The number of halogens is 1. The monoisotopic (exact) mass is 236 g/mol. The molecule has 0 saturated heterocycles. The molecule has 0 unspecified atom stereocenters. The highest BCUT2D eigenvalue weighted by molar-refractivity contribution is 5.89. The Morgan fingerprint density at radius 3 is 2.40 bits per heavy atom.